The number of nitrogens with two attached hydrogens (primary N) is 1. The van der Waals surface area contributed by atoms with E-state index in [1.165, 1.54) is 26.2 Å². The van der Waals surface area contributed by atoms with E-state index in [1.807, 2.05) is 20.8 Å². The Morgan fingerprint density at radius 3 is 2.50 bits per heavy atom. The van der Waals surface area contributed by atoms with Gasteiger partial charge in [0, 0.05) is 38.3 Å². The molecule has 0 atom stereocenters. The van der Waals surface area contributed by atoms with E-state index in [1.54, 1.807) is 16.8 Å². The Hall–Kier alpha value is -1.45. The Balaban J connectivity index is 0.00000450. The fourth-order valence-electron chi connectivity index (χ4n) is 3.04. The predicted molar refractivity (Wildman–Crippen MR) is 122 cm³/mol. The molecule has 30 heavy (non-hydrogen) atoms. The first kappa shape index (κ1) is 26.6. The highest BCUT2D eigenvalue weighted by molar-refractivity contribution is 7.89. The number of hydrogen-bond donors (Lipinski definition) is 1. The molecular weight excluding hydrogens is 450 g/mol. The maximum absolute atomic E-state index is 14.0. The van der Waals surface area contributed by atoms with E-state index in [4.69, 9.17) is 17.3 Å². The highest BCUT2D eigenvalue weighted by Crippen LogP contribution is 2.29. The van der Waals surface area contributed by atoms with Crippen molar-refractivity contribution in [3.63, 3.8) is 0 Å². The quantitative estimate of drug-likeness (QED) is 0.620. The Morgan fingerprint density at radius 2 is 2.00 bits per heavy atom. The van der Waals surface area contributed by atoms with E-state index in [0.29, 0.717) is 6.42 Å². The molecule has 0 aliphatic heterocycles. The maximum atomic E-state index is 14.0. The van der Waals surface area contributed by atoms with Crippen LogP contribution in [-0.2, 0) is 23.0 Å². The van der Waals surface area contributed by atoms with Gasteiger partial charge in [-0.3, -0.25) is 4.68 Å². The van der Waals surface area contributed by atoms with E-state index < -0.39 is 10.0 Å². The summed E-state index contributed by atoms with van der Waals surface area (Å²) in [6.07, 6.45) is 1.85. The maximum Gasteiger partial charge on any atom is 0.244 e. The topological polar surface area (TPSA) is 81.2 Å². The molecule has 0 fully saturated rings. The van der Waals surface area contributed by atoms with E-state index in [-0.39, 0.29) is 47.2 Å². The van der Waals surface area contributed by atoms with Gasteiger partial charge in [-0.25, -0.2) is 17.1 Å². The predicted octanol–water partition coefficient (Wildman–Crippen LogP) is 4.04. The van der Waals surface area contributed by atoms with Crippen molar-refractivity contribution in [2.75, 3.05) is 20.6 Å². The molecule has 0 aliphatic rings. The van der Waals surface area contributed by atoms with E-state index in [2.05, 4.69) is 5.10 Å². The number of rotatable bonds is 8. The average molecular weight is 479 g/mol. The zero-order valence-corrected chi connectivity index (χ0v) is 20.2. The van der Waals surface area contributed by atoms with Crippen molar-refractivity contribution >= 4 is 34.0 Å². The monoisotopic (exact) mass is 478 g/mol. The number of nitrogens with zero attached hydrogens (tertiary/aromatic N) is 3. The van der Waals surface area contributed by atoms with Crippen LogP contribution in [0.4, 0.5) is 4.39 Å². The fraction of sp³-hybridized carbons (Fsp3) is 0.450. The van der Waals surface area contributed by atoms with Crippen molar-refractivity contribution in [3.8, 4) is 0 Å². The van der Waals surface area contributed by atoms with E-state index in [0.717, 1.165) is 26.8 Å². The molecule has 2 aromatic rings. The third-order valence-corrected chi connectivity index (χ3v) is 6.98. The van der Waals surface area contributed by atoms with Crippen molar-refractivity contribution < 1.29 is 12.8 Å². The molecule has 1 aromatic heterocycles. The summed E-state index contributed by atoms with van der Waals surface area (Å²) in [5, 5.41) is 4.76. The first-order chi connectivity index (χ1) is 13.5. The number of aromatic nitrogens is 2. The standard InChI is InChI=1S/C20H28ClFN4O2S.ClH/c1-13(2)20-17(14(3)26(24-20)12-16(22)8-9-23)10-15-6-7-19(18(21)11-15)29(27,28)25(4)5;/h6-8,11,13H,9-10,12,23H2,1-5H3;1H. The molecule has 0 spiro atoms. The third kappa shape index (κ3) is 5.82. The molecular formula is C20H29Cl2FN4O2S. The lowest BCUT2D eigenvalue weighted by molar-refractivity contribution is 0.514. The van der Waals surface area contributed by atoms with Crippen LogP contribution in [0.3, 0.4) is 0 Å². The van der Waals surface area contributed by atoms with Crippen LogP contribution in [0.1, 0.15) is 42.3 Å². The average Bonchev–Trinajstić information content (AvgIpc) is 2.91. The largest absolute Gasteiger partial charge is 0.327 e. The van der Waals surface area contributed by atoms with Crippen LogP contribution in [0, 0.1) is 6.92 Å². The molecule has 0 saturated heterocycles. The third-order valence-electron chi connectivity index (χ3n) is 4.68. The highest BCUT2D eigenvalue weighted by Gasteiger charge is 2.22. The molecule has 0 aliphatic carbocycles. The summed E-state index contributed by atoms with van der Waals surface area (Å²) in [5.41, 5.74) is 8.96. The van der Waals surface area contributed by atoms with Crippen molar-refractivity contribution in [1.29, 1.82) is 0 Å². The lowest BCUT2D eigenvalue weighted by atomic mass is 9.98. The summed E-state index contributed by atoms with van der Waals surface area (Å²) in [4.78, 5) is 0.0680. The first-order valence-electron chi connectivity index (χ1n) is 9.30. The molecule has 1 heterocycles. The van der Waals surface area contributed by atoms with Gasteiger partial charge in [-0.05, 0) is 36.6 Å². The van der Waals surface area contributed by atoms with Crippen LogP contribution in [0.2, 0.25) is 5.02 Å². The molecule has 0 amide bonds. The Morgan fingerprint density at radius 1 is 1.37 bits per heavy atom. The molecule has 2 rings (SSSR count). The van der Waals surface area contributed by atoms with Crippen LogP contribution < -0.4 is 5.73 Å². The van der Waals surface area contributed by atoms with Gasteiger partial charge >= 0.3 is 0 Å². The van der Waals surface area contributed by atoms with Gasteiger partial charge in [0.15, 0.2) is 0 Å². The number of benzene rings is 1. The molecule has 168 valence electrons. The van der Waals surface area contributed by atoms with Gasteiger partial charge < -0.3 is 5.73 Å². The van der Waals surface area contributed by atoms with Gasteiger partial charge in [0.2, 0.25) is 10.0 Å². The second kappa shape index (κ2) is 10.7. The van der Waals surface area contributed by atoms with Crippen LogP contribution >= 0.6 is 24.0 Å². The molecule has 0 unspecified atom stereocenters. The van der Waals surface area contributed by atoms with Crippen LogP contribution in [0.5, 0.6) is 0 Å². The summed E-state index contributed by atoms with van der Waals surface area (Å²) in [5.74, 6) is -0.184. The molecule has 10 heteroatoms. The lowest BCUT2D eigenvalue weighted by Crippen LogP contribution is -2.22. The summed E-state index contributed by atoms with van der Waals surface area (Å²) >= 11 is 6.28. The second-order valence-corrected chi connectivity index (χ2v) is 9.90. The van der Waals surface area contributed by atoms with Crippen molar-refractivity contribution in [3.05, 3.63) is 57.6 Å². The van der Waals surface area contributed by atoms with Crippen molar-refractivity contribution in [2.45, 2.75) is 44.6 Å². The fourth-order valence-corrected chi connectivity index (χ4v) is 4.48. The molecule has 0 saturated carbocycles. The minimum Gasteiger partial charge on any atom is -0.327 e. The van der Waals surface area contributed by atoms with Crippen molar-refractivity contribution in [1.82, 2.24) is 14.1 Å². The zero-order valence-electron chi connectivity index (χ0n) is 17.8. The van der Waals surface area contributed by atoms with Crippen LogP contribution in [0.25, 0.3) is 0 Å². The van der Waals surface area contributed by atoms with Crippen LogP contribution in [0.15, 0.2) is 35.0 Å². The van der Waals surface area contributed by atoms with Crippen molar-refractivity contribution in [2.24, 2.45) is 5.73 Å². The number of allylic oxidation sites excluding steroid dienone is 1. The molecule has 0 radical (unpaired) electrons. The Bertz CT molecular complexity index is 1020. The van der Waals surface area contributed by atoms with E-state index in [9.17, 15) is 12.8 Å². The molecule has 0 bridgehead atoms. The van der Waals surface area contributed by atoms with Crippen LogP contribution in [-0.4, -0.2) is 43.1 Å². The number of halogens is 3. The molecule has 1 aromatic carbocycles. The zero-order chi connectivity index (χ0) is 21.9. The Kier molecular flexibility index (Phi) is 9.51. The number of sulfonamides is 1. The summed E-state index contributed by atoms with van der Waals surface area (Å²) in [7, 11) is -0.689. The number of hydrogen-bond acceptors (Lipinski definition) is 4. The second-order valence-electron chi connectivity index (χ2n) is 7.38. The summed E-state index contributed by atoms with van der Waals surface area (Å²) in [6.45, 7) is 6.12. The van der Waals surface area contributed by atoms with Gasteiger partial charge in [0.05, 0.1) is 17.3 Å². The van der Waals surface area contributed by atoms with Gasteiger partial charge in [0.1, 0.15) is 10.7 Å². The van der Waals surface area contributed by atoms with Gasteiger partial charge in [-0.15, -0.1) is 12.4 Å². The first-order valence-corrected chi connectivity index (χ1v) is 11.1. The lowest BCUT2D eigenvalue weighted by Gasteiger charge is -2.14. The molecule has 2 N–H and O–H groups in total. The Labute approximate surface area is 189 Å². The summed E-state index contributed by atoms with van der Waals surface area (Å²) < 4.78 is 41.4. The minimum atomic E-state index is -3.62. The summed E-state index contributed by atoms with van der Waals surface area (Å²) in [6, 6.07) is 4.93. The van der Waals surface area contributed by atoms with E-state index >= 15 is 0 Å². The smallest absolute Gasteiger partial charge is 0.244 e. The minimum absolute atomic E-state index is 0. The molecule has 6 nitrogen and oxygen atoms in total. The van der Waals surface area contributed by atoms with Gasteiger partial charge in [-0.2, -0.15) is 5.10 Å². The SMILES string of the molecule is Cc1c(Cc2ccc(S(=O)(=O)N(C)C)c(Cl)c2)c(C(C)C)nn1CC(F)=CCN.Cl. The van der Waals surface area contributed by atoms with Gasteiger partial charge in [-0.1, -0.05) is 31.5 Å². The normalized spacial score (nSPS) is 12.5. The van der Waals surface area contributed by atoms with Gasteiger partial charge in [0.25, 0.3) is 0 Å². The highest BCUT2D eigenvalue weighted by atomic mass is 35.5.